The molecule has 0 bridgehead atoms. The molecule has 4 N–H and O–H groups in total. The second kappa shape index (κ2) is 31.6. The Balaban J connectivity index is 0.000000128. The Hall–Kier alpha value is -11.3. The summed E-state index contributed by atoms with van der Waals surface area (Å²) in [5.41, 5.74) is 7.39. The van der Waals surface area contributed by atoms with Gasteiger partial charge in [-0.25, -0.2) is 27.2 Å². The van der Waals surface area contributed by atoms with E-state index in [1.54, 1.807) is 58.2 Å². The third kappa shape index (κ3) is 15.8. The molecule has 3 aliphatic heterocycles. The normalized spacial score (nSPS) is 20.5. The zero-order valence-corrected chi connectivity index (χ0v) is 65.2. The van der Waals surface area contributed by atoms with Gasteiger partial charge in [-0.2, -0.15) is 15.3 Å². The van der Waals surface area contributed by atoms with E-state index in [-0.39, 0.29) is 107 Å². The summed E-state index contributed by atoms with van der Waals surface area (Å²) in [6.45, 7) is 15.4. The highest BCUT2D eigenvalue weighted by molar-refractivity contribution is 14.1. The molecule has 6 fully saturated rings. The van der Waals surface area contributed by atoms with Crippen molar-refractivity contribution < 1.29 is 41.9 Å². The Morgan fingerprint density at radius 3 is 1.05 bits per heavy atom. The van der Waals surface area contributed by atoms with Gasteiger partial charge >= 0.3 is 0 Å². The molecule has 6 aliphatic rings. The van der Waals surface area contributed by atoms with Crippen molar-refractivity contribution >= 4 is 102 Å². The lowest BCUT2D eigenvalue weighted by Gasteiger charge is -2.31. The Morgan fingerprint density at radius 1 is 0.396 bits per heavy atom. The number of hydrogen-bond donors (Lipinski definition) is 4. The molecule has 0 unspecified atom stereocenters. The van der Waals surface area contributed by atoms with E-state index in [4.69, 9.17) is 0 Å². The van der Waals surface area contributed by atoms with Gasteiger partial charge in [-0.1, -0.05) is 105 Å². The van der Waals surface area contributed by atoms with Crippen molar-refractivity contribution in [3.63, 3.8) is 0 Å². The topological polar surface area (TPSA) is 210 Å². The van der Waals surface area contributed by atoms with Crippen LogP contribution in [0.3, 0.4) is 0 Å². The monoisotopic (exact) mass is 1600 g/mol. The number of carbonyl (C=O) groups excluding carboxylic acids is 6. The third-order valence-corrected chi connectivity index (χ3v) is 22.5. The van der Waals surface area contributed by atoms with E-state index in [0.717, 1.165) is 116 Å². The molecule has 0 spiro atoms. The summed E-state index contributed by atoms with van der Waals surface area (Å²) in [7, 11) is 0. The maximum Gasteiger partial charge on any atom is 0.235 e. The molecule has 3 saturated heterocycles. The lowest BCUT2D eigenvalue weighted by Crippen LogP contribution is -2.46. The van der Waals surface area contributed by atoms with Crippen molar-refractivity contribution in [2.75, 3.05) is 9.80 Å². The molecular formula is C89H88F3IN12O6. The molecule has 0 radical (unpaired) electrons. The number of aromatic nitrogens is 6. The van der Waals surface area contributed by atoms with E-state index >= 15 is 0 Å². The molecular weight excluding hydrogens is 1520 g/mol. The Kier molecular flexibility index (Phi) is 21.8. The van der Waals surface area contributed by atoms with Gasteiger partial charge in [-0.15, -0.1) is 0 Å². The maximum atomic E-state index is 13.9. The lowest BCUT2D eigenvalue weighted by atomic mass is 9.82. The van der Waals surface area contributed by atoms with Gasteiger partial charge in [0.25, 0.3) is 0 Å². The number of halogens is 4. The van der Waals surface area contributed by atoms with Crippen molar-refractivity contribution in [1.82, 2.24) is 50.6 Å². The van der Waals surface area contributed by atoms with Crippen LogP contribution in [0.15, 0.2) is 237 Å². The fourth-order valence-electron chi connectivity index (χ4n) is 15.0. The standard InChI is InChI=1S/2C29H27FN4O2.C16H20N2O2.C13H8FIN2.C2H6/c2*1-29(2)26(32-27(35)19-8-9-19)25(18-6-4-3-5-7-18)33(28(29)36)23-14-15-24-20(16-23)17-31-34(24)22-12-10-21(30)11-13-22;1-16(2)13(18-14(19)11-8-9-11)12(17-15(16)20)10-6-4-3-5-7-10;14-10-1-4-12(5-2-10)17-13-6-3-11(15)7-9(13)8-16-17;1-2/h2*3-7,10-17,19,25-26H,8-9H2,1-2H3,(H,32,35);3-7,11-13H,8-9H2,1-2H3,(H,17,20)(H,18,19);1-8H;1-2H3/t2*25-,26-;12-,13-;;/m101../s1. The summed E-state index contributed by atoms with van der Waals surface area (Å²) < 4.78 is 46.2. The van der Waals surface area contributed by atoms with Crippen molar-refractivity contribution in [1.29, 1.82) is 0 Å². The summed E-state index contributed by atoms with van der Waals surface area (Å²) >= 11 is 2.27. The molecule has 568 valence electrons. The van der Waals surface area contributed by atoms with E-state index in [1.165, 1.54) is 40.0 Å². The Labute approximate surface area is 656 Å². The number of nitrogens with one attached hydrogen (secondary N) is 4. The van der Waals surface area contributed by atoms with Gasteiger partial charge in [0.15, 0.2) is 0 Å². The first kappa shape index (κ1) is 76.5. The smallest absolute Gasteiger partial charge is 0.235 e. The third-order valence-electron chi connectivity index (χ3n) is 21.8. The summed E-state index contributed by atoms with van der Waals surface area (Å²) in [6, 6.07) is 64.2. The largest absolute Gasteiger partial charge is 0.350 e. The number of hydrogen-bond acceptors (Lipinski definition) is 9. The Morgan fingerprint density at radius 2 is 0.703 bits per heavy atom. The summed E-state index contributed by atoms with van der Waals surface area (Å²) in [5, 5.41) is 28.7. The molecule has 12 aromatic rings. The van der Waals surface area contributed by atoms with Crippen LogP contribution in [0.2, 0.25) is 0 Å². The molecule has 3 saturated carbocycles. The van der Waals surface area contributed by atoms with Crippen LogP contribution in [0.4, 0.5) is 24.5 Å². The van der Waals surface area contributed by atoms with Crippen LogP contribution in [0, 0.1) is 55.0 Å². The van der Waals surface area contributed by atoms with Crippen LogP contribution in [0.5, 0.6) is 0 Å². The average molecular weight is 1610 g/mol. The van der Waals surface area contributed by atoms with Gasteiger partial charge in [-0.05, 0) is 247 Å². The number of amides is 6. The minimum atomic E-state index is -0.793. The Bertz CT molecular complexity index is 5190. The van der Waals surface area contributed by atoms with Crippen molar-refractivity contribution in [2.24, 2.45) is 34.0 Å². The first-order valence-electron chi connectivity index (χ1n) is 37.8. The number of carbonyl (C=O) groups is 6. The zero-order chi connectivity index (χ0) is 78.2. The van der Waals surface area contributed by atoms with Crippen molar-refractivity contribution in [3.8, 4) is 17.1 Å². The molecule has 9 aromatic carbocycles. The van der Waals surface area contributed by atoms with Crippen LogP contribution in [-0.4, -0.2) is 82.9 Å². The van der Waals surface area contributed by atoms with Gasteiger partial charge in [0.05, 0.1) is 105 Å². The minimum Gasteiger partial charge on any atom is -0.350 e. The number of benzene rings is 9. The minimum absolute atomic E-state index is 0.00699. The fourth-order valence-corrected chi connectivity index (χ4v) is 15.5. The average Bonchev–Trinajstić information content (AvgIpc) is 1.58. The molecule has 22 heteroatoms. The van der Waals surface area contributed by atoms with Gasteiger partial charge in [0, 0.05) is 48.9 Å². The number of rotatable bonds is 14. The van der Waals surface area contributed by atoms with Crippen LogP contribution in [0.25, 0.3) is 49.8 Å². The molecule has 6 amide bonds. The van der Waals surface area contributed by atoms with Crippen LogP contribution in [0.1, 0.15) is 129 Å². The molecule has 18 rings (SSSR count). The molecule has 111 heavy (non-hydrogen) atoms. The van der Waals surface area contributed by atoms with Gasteiger partial charge < -0.3 is 31.1 Å². The van der Waals surface area contributed by atoms with E-state index in [2.05, 4.69) is 65.2 Å². The molecule has 6 atom stereocenters. The maximum absolute atomic E-state index is 13.9. The van der Waals surface area contributed by atoms with Gasteiger partial charge in [-0.3, -0.25) is 28.8 Å². The number of anilines is 2. The molecule has 6 heterocycles. The van der Waals surface area contributed by atoms with E-state index in [0.29, 0.717) is 0 Å². The highest BCUT2D eigenvalue weighted by atomic mass is 127. The van der Waals surface area contributed by atoms with Crippen LogP contribution < -0.4 is 31.1 Å². The van der Waals surface area contributed by atoms with Gasteiger partial charge in [0.2, 0.25) is 35.4 Å². The van der Waals surface area contributed by atoms with Crippen molar-refractivity contribution in [3.05, 3.63) is 275 Å². The van der Waals surface area contributed by atoms with E-state index in [9.17, 15) is 41.9 Å². The predicted molar refractivity (Wildman–Crippen MR) is 433 cm³/mol. The van der Waals surface area contributed by atoms with Crippen LogP contribution >= 0.6 is 22.6 Å². The highest BCUT2D eigenvalue weighted by Gasteiger charge is 2.58. The van der Waals surface area contributed by atoms with E-state index < -0.39 is 16.2 Å². The summed E-state index contributed by atoms with van der Waals surface area (Å²) in [6.07, 6.45) is 10.9. The second-order valence-corrected chi connectivity index (χ2v) is 31.9. The van der Waals surface area contributed by atoms with Crippen molar-refractivity contribution in [2.45, 2.75) is 130 Å². The quantitative estimate of drug-likeness (QED) is 0.0762. The first-order valence-corrected chi connectivity index (χ1v) is 38.9. The molecule has 3 aromatic heterocycles. The molecule has 18 nitrogen and oxygen atoms in total. The first-order chi connectivity index (χ1) is 53.4. The second-order valence-electron chi connectivity index (χ2n) is 30.7. The van der Waals surface area contributed by atoms with Crippen LogP contribution in [-0.2, 0) is 28.8 Å². The summed E-state index contributed by atoms with van der Waals surface area (Å²) in [4.78, 5) is 81.4. The number of nitrogens with zero attached hydrogens (tertiary/aromatic N) is 8. The SMILES string of the molecule is CC.CC1(C)C(=O)N(c2ccc3c(cnn3-c3ccc(F)cc3)c2)[C@@H](c2ccccc2)[C@@H]1NC(=O)C1CC1.CC1(C)C(=O)N(c2ccc3c(cnn3-c3ccc(F)cc3)c2)[C@H](c2ccccc2)[C@H]1NC(=O)C1CC1.CC1(C)C(=O)N[C@H](c2ccccc2)[C@H]1NC(=O)C1CC1.Fc1ccc(-n2ncc3cc(I)ccc32)cc1. The zero-order valence-electron chi connectivity index (χ0n) is 63.0. The predicted octanol–water partition coefficient (Wildman–Crippen LogP) is 16.9. The highest BCUT2D eigenvalue weighted by Crippen LogP contribution is 2.50. The molecule has 3 aliphatic carbocycles. The van der Waals surface area contributed by atoms with Gasteiger partial charge in [0.1, 0.15) is 17.5 Å². The summed E-state index contributed by atoms with van der Waals surface area (Å²) in [5.74, 6) is -0.536. The number of fused-ring (bicyclic) bond motifs is 3. The van der Waals surface area contributed by atoms with E-state index in [1.807, 2.05) is 216 Å². The fraction of sp³-hybridized carbons (Fsp3) is 0.292. The lowest BCUT2D eigenvalue weighted by molar-refractivity contribution is -0.128.